The van der Waals surface area contributed by atoms with Crippen molar-refractivity contribution in [2.24, 2.45) is 5.10 Å². The van der Waals surface area contributed by atoms with E-state index in [0.29, 0.717) is 23.6 Å². The van der Waals surface area contributed by atoms with E-state index in [9.17, 15) is 8.42 Å². The number of benzene rings is 4. The zero-order chi connectivity index (χ0) is 27.7. The summed E-state index contributed by atoms with van der Waals surface area (Å²) in [6.45, 7) is 1.93. The lowest BCUT2D eigenvalue weighted by Crippen LogP contribution is -2.27. The van der Waals surface area contributed by atoms with Crippen molar-refractivity contribution in [2.45, 2.75) is 24.3 Å². The molecule has 0 N–H and O–H groups in total. The monoisotopic (exact) mass is 548 g/mol. The van der Waals surface area contributed by atoms with Gasteiger partial charge in [-0.3, -0.25) is 0 Å². The first-order chi connectivity index (χ1) is 19.5. The molecule has 200 valence electrons. The summed E-state index contributed by atoms with van der Waals surface area (Å²) in [5, 5.41) is 9.70. The van der Waals surface area contributed by atoms with E-state index in [4.69, 9.17) is 14.9 Å². The molecule has 0 bridgehead atoms. The van der Waals surface area contributed by atoms with E-state index in [1.54, 1.807) is 36.1 Å². The molecule has 6 rings (SSSR count). The molecule has 1 aliphatic rings. The van der Waals surface area contributed by atoms with Gasteiger partial charge in [0.2, 0.25) is 0 Å². The molecule has 1 aliphatic heterocycles. The molecule has 8 heteroatoms. The Balaban J connectivity index is 1.54. The van der Waals surface area contributed by atoms with Crippen molar-refractivity contribution in [3.05, 3.63) is 132 Å². The van der Waals surface area contributed by atoms with Crippen molar-refractivity contribution in [1.82, 2.24) is 14.2 Å². The number of hydrazone groups is 1. The number of aryl methyl sites for hydroxylation is 1. The summed E-state index contributed by atoms with van der Waals surface area (Å²) in [4.78, 5) is 0.185. The molecule has 0 radical (unpaired) electrons. The second-order valence-corrected chi connectivity index (χ2v) is 11.4. The van der Waals surface area contributed by atoms with Crippen LogP contribution in [0.4, 0.5) is 0 Å². The number of methoxy groups -OCH3 is 1. The Kier molecular flexibility index (Phi) is 6.69. The van der Waals surface area contributed by atoms with Crippen molar-refractivity contribution in [1.29, 1.82) is 0 Å². The maximum atomic E-state index is 14.1. The average Bonchev–Trinajstić information content (AvgIpc) is 3.64. The molecule has 0 amide bonds. The minimum absolute atomic E-state index is 0.185. The van der Waals surface area contributed by atoms with Gasteiger partial charge in [0.05, 0.1) is 35.1 Å². The standard InChI is InChI=1S/C32H28N4O3S/c1-23-17-19-26(20-18-23)40(37,38)36-30(21-29(33-36)27-15-9-10-16-31(27)39-2)28-22-35(25-13-7-4-8-14-25)34-32(28)24-11-5-3-6-12-24/h3-20,22,30H,21H2,1-2H3/t30-/m0/s1. The van der Waals surface area contributed by atoms with Crippen LogP contribution in [0.5, 0.6) is 5.75 Å². The van der Waals surface area contributed by atoms with Crippen LogP contribution in [-0.4, -0.2) is 35.4 Å². The van der Waals surface area contributed by atoms with Crippen molar-refractivity contribution in [3.63, 3.8) is 0 Å². The number of nitrogens with zero attached hydrogens (tertiary/aromatic N) is 4. The minimum atomic E-state index is -4.00. The second kappa shape index (κ2) is 10.5. The van der Waals surface area contributed by atoms with Gasteiger partial charge in [0.25, 0.3) is 10.0 Å². The van der Waals surface area contributed by atoms with Gasteiger partial charge in [0, 0.05) is 29.3 Å². The molecule has 0 saturated carbocycles. The molecule has 40 heavy (non-hydrogen) atoms. The SMILES string of the molecule is COc1ccccc1C1=NN(S(=O)(=O)c2ccc(C)cc2)[C@H](c2cn(-c3ccccc3)nc2-c2ccccc2)C1. The van der Waals surface area contributed by atoms with E-state index >= 15 is 0 Å². The van der Waals surface area contributed by atoms with Gasteiger partial charge < -0.3 is 4.74 Å². The van der Waals surface area contributed by atoms with Crippen LogP contribution in [0, 0.1) is 6.92 Å². The Morgan fingerprint density at radius 1 is 0.825 bits per heavy atom. The maximum absolute atomic E-state index is 14.1. The highest BCUT2D eigenvalue weighted by molar-refractivity contribution is 7.89. The number of rotatable bonds is 7. The highest BCUT2D eigenvalue weighted by Crippen LogP contribution is 2.42. The van der Waals surface area contributed by atoms with Crippen LogP contribution >= 0.6 is 0 Å². The fraction of sp³-hybridized carbons (Fsp3) is 0.125. The highest BCUT2D eigenvalue weighted by Gasteiger charge is 2.40. The van der Waals surface area contributed by atoms with Crippen molar-refractivity contribution in [2.75, 3.05) is 7.11 Å². The van der Waals surface area contributed by atoms with E-state index in [2.05, 4.69) is 0 Å². The molecular formula is C32H28N4O3S. The molecule has 0 unspecified atom stereocenters. The van der Waals surface area contributed by atoms with Crippen molar-refractivity contribution >= 4 is 15.7 Å². The maximum Gasteiger partial charge on any atom is 0.279 e. The first-order valence-electron chi connectivity index (χ1n) is 13.0. The quantitative estimate of drug-likeness (QED) is 0.236. The third-order valence-electron chi connectivity index (χ3n) is 7.03. The van der Waals surface area contributed by atoms with Crippen LogP contribution in [0.25, 0.3) is 16.9 Å². The lowest BCUT2D eigenvalue weighted by molar-refractivity contribution is 0.372. The third-order valence-corrected chi connectivity index (χ3v) is 8.72. The van der Waals surface area contributed by atoms with Gasteiger partial charge in [0.1, 0.15) is 5.75 Å². The molecule has 2 heterocycles. The van der Waals surface area contributed by atoms with Crippen molar-refractivity contribution < 1.29 is 13.2 Å². The number of ether oxygens (including phenoxy) is 1. The van der Waals surface area contributed by atoms with E-state index in [-0.39, 0.29) is 4.90 Å². The minimum Gasteiger partial charge on any atom is -0.496 e. The van der Waals surface area contributed by atoms with Crippen molar-refractivity contribution in [3.8, 4) is 22.7 Å². The number of para-hydroxylation sites is 2. The van der Waals surface area contributed by atoms with Gasteiger partial charge in [-0.2, -0.15) is 23.0 Å². The summed E-state index contributed by atoms with van der Waals surface area (Å²) >= 11 is 0. The van der Waals surface area contributed by atoms with Gasteiger partial charge in [-0.15, -0.1) is 0 Å². The fourth-order valence-electron chi connectivity index (χ4n) is 4.97. The Morgan fingerprint density at radius 2 is 1.48 bits per heavy atom. The third kappa shape index (κ3) is 4.67. The summed E-state index contributed by atoms with van der Waals surface area (Å²) in [7, 11) is -2.40. The first kappa shape index (κ1) is 25.6. The van der Waals surface area contributed by atoms with Gasteiger partial charge in [-0.25, -0.2) is 4.68 Å². The molecule has 0 saturated heterocycles. The lowest BCUT2D eigenvalue weighted by Gasteiger charge is -2.23. The summed E-state index contributed by atoms with van der Waals surface area (Å²) in [5.41, 5.74) is 5.60. The van der Waals surface area contributed by atoms with E-state index in [1.165, 1.54) is 4.41 Å². The first-order valence-corrected chi connectivity index (χ1v) is 14.4. The number of hydrogen-bond acceptors (Lipinski definition) is 5. The fourth-order valence-corrected chi connectivity index (χ4v) is 6.40. The summed E-state index contributed by atoms with van der Waals surface area (Å²) in [6, 6.07) is 33.4. The van der Waals surface area contributed by atoms with Crippen LogP contribution < -0.4 is 4.74 Å². The Morgan fingerprint density at radius 3 is 2.17 bits per heavy atom. The predicted octanol–water partition coefficient (Wildman–Crippen LogP) is 6.40. The zero-order valence-corrected chi connectivity index (χ0v) is 23.0. The largest absolute Gasteiger partial charge is 0.496 e. The van der Waals surface area contributed by atoms with Gasteiger partial charge in [0.15, 0.2) is 0 Å². The van der Waals surface area contributed by atoms with Gasteiger partial charge in [-0.05, 0) is 43.3 Å². The van der Waals surface area contributed by atoms with Crippen LogP contribution in [0.3, 0.4) is 0 Å². The zero-order valence-electron chi connectivity index (χ0n) is 22.2. The Bertz CT molecular complexity index is 1780. The van der Waals surface area contributed by atoms with Gasteiger partial charge in [-0.1, -0.05) is 78.4 Å². The topological polar surface area (TPSA) is 76.8 Å². The van der Waals surface area contributed by atoms with E-state index < -0.39 is 16.1 Å². The molecule has 5 aromatic rings. The molecule has 7 nitrogen and oxygen atoms in total. The highest BCUT2D eigenvalue weighted by atomic mass is 32.2. The smallest absolute Gasteiger partial charge is 0.279 e. The molecule has 4 aromatic carbocycles. The molecule has 0 fully saturated rings. The van der Waals surface area contributed by atoms with E-state index in [1.807, 2.05) is 98.0 Å². The van der Waals surface area contributed by atoms with Gasteiger partial charge >= 0.3 is 0 Å². The molecule has 0 aliphatic carbocycles. The number of hydrogen-bond donors (Lipinski definition) is 0. The van der Waals surface area contributed by atoms with Crippen LogP contribution in [0.15, 0.2) is 125 Å². The molecule has 1 atom stereocenters. The Labute approximate surface area is 234 Å². The Hall–Kier alpha value is -4.69. The average molecular weight is 549 g/mol. The normalized spacial score (nSPS) is 15.2. The number of sulfonamides is 1. The second-order valence-electron chi connectivity index (χ2n) is 9.64. The predicted molar refractivity (Wildman–Crippen MR) is 156 cm³/mol. The lowest BCUT2D eigenvalue weighted by atomic mass is 9.97. The molecular weight excluding hydrogens is 520 g/mol. The van der Waals surface area contributed by atoms with Crippen LogP contribution in [0.1, 0.15) is 29.2 Å². The number of aromatic nitrogens is 2. The molecule has 1 aromatic heterocycles. The van der Waals surface area contributed by atoms with Crippen LogP contribution in [-0.2, 0) is 10.0 Å². The summed E-state index contributed by atoms with van der Waals surface area (Å²) in [5.74, 6) is 0.637. The molecule has 0 spiro atoms. The summed E-state index contributed by atoms with van der Waals surface area (Å²) < 4.78 is 36.9. The van der Waals surface area contributed by atoms with Crippen LogP contribution in [0.2, 0.25) is 0 Å². The van der Waals surface area contributed by atoms with E-state index in [0.717, 1.165) is 27.9 Å². The summed E-state index contributed by atoms with van der Waals surface area (Å²) in [6.07, 6.45) is 2.27.